The van der Waals surface area contributed by atoms with Crippen LogP contribution >= 0.6 is 0 Å². The van der Waals surface area contributed by atoms with Crippen molar-refractivity contribution in [3.05, 3.63) is 53.1 Å². The standard InChI is InChI=1S/C21H19F3N4O/c1-12-10-13(20(29)28-15-6-8-27(28)9-7-15)2-4-16(12)19-25-17-5-3-14(21(22,23)24)11-18(17)26-19/h2-5,10-11,15H,6-9H2,1H3,(H,25,26). The number of aryl methyl sites for hydroxylation is 1. The second-order valence-electron chi connectivity index (χ2n) is 7.68. The van der Waals surface area contributed by atoms with Gasteiger partial charge in [-0.1, -0.05) is 6.07 Å². The molecule has 0 spiro atoms. The number of aromatic amines is 1. The van der Waals surface area contributed by atoms with E-state index in [1.807, 2.05) is 18.0 Å². The van der Waals surface area contributed by atoms with Crippen LogP contribution in [0.15, 0.2) is 36.4 Å². The summed E-state index contributed by atoms with van der Waals surface area (Å²) in [6.07, 6.45) is -2.37. The highest BCUT2D eigenvalue weighted by atomic mass is 19.4. The predicted molar refractivity (Wildman–Crippen MR) is 102 cm³/mol. The number of hydrazine groups is 1. The molecule has 8 heteroatoms. The molecule has 2 aromatic carbocycles. The number of amides is 1. The number of piperidine rings is 1. The molecular formula is C21H19F3N4O. The highest BCUT2D eigenvalue weighted by molar-refractivity contribution is 5.95. The Kier molecular flexibility index (Phi) is 3.96. The summed E-state index contributed by atoms with van der Waals surface area (Å²) in [4.78, 5) is 20.3. The Labute approximate surface area is 165 Å². The van der Waals surface area contributed by atoms with Gasteiger partial charge in [0.05, 0.1) is 22.6 Å². The van der Waals surface area contributed by atoms with E-state index in [1.54, 1.807) is 12.1 Å². The molecule has 0 radical (unpaired) electrons. The third kappa shape index (κ3) is 2.98. The van der Waals surface area contributed by atoms with Crippen LogP contribution in [0.5, 0.6) is 0 Å². The molecule has 5 nitrogen and oxygen atoms in total. The molecule has 150 valence electrons. The van der Waals surface area contributed by atoms with Gasteiger partial charge in [0.15, 0.2) is 0 Å². The Morgan fingerprint density at radius 1 is 1.14 bits per heavy atom. The van der Waals surface area contributed by atoms with Crippen LogP contribution < -0.4 is 0 Å². The zero-order valence-corrected chi connectivity index (χ0v) is 15.8. The van der Waals surface area contributed by atoms with Crippen LogP contribution in [0.3, 0.4) is 0 Å². The van der Waals surface area contributed by atoms with Crippen molar-refractivity contribution in [1.82, 2.24) is 20.0 Å². The molecule has 0 unspecified atom stereocenters. The van der Waals surface area contributed by atoms with Crippen molar-refractivity contribution in [2.45, 2.75) is 32.0 Å². The van der Waals surface area contributed by atoms with Crippen LogP contribution in [-0.2, 0) is 6.18 Å². The minimum absolute atomic E-state index is 0.000856. The lowest BCUT2D eigenvalue weighted by Gasteiger charge is -2.24. The summed E-state index contributed by atoms with van der Waals surface area (Å²) in [6, 6.07) is 9.14. The molecule has 29 heavy (non-hydrogen) atoms. The van der Waals surface area contributed by atoms with E-state index in [0.29, 0.717) is 28.5 Å². The fourth-order valence-corrected chi connectivity index (χ4v) is 4.35. The first-order chi connectivity index (χ1) is 13.8. The number of halogens is 3. The number of alkyl halides is 3. The predicted octanol–water partition coefficient (Wildman–Crippen LogP) is 4.39. The van der Waals surface area contributed by atoms with Gasteiger partial charge in [0.25, 0.3) is 5.91 Å². The first-order valence-electron chi connectivity index (χ1n) is 9.58. The number of hydrogen-bond acceptors (Lipinski definition) is 3. The lowest BCUT2D eigenvalue weighted by Crippen LogP contribution is -2.38. The third-order valence-electron chi connectivity index (χ3n) is 5.84. The molecule has 1 N–H and O–H groups in total. The largest absolute Gasteiger partial charge is 0.416 e. The van der Waals surface area contributed by atoms with Crippen LogP contribution in [0.1, 0.15) is 34.3 Å². The van der Waals surface area contributed by atoms with Crippen molar-refractivity contribution < 1.29 is 18.0 Å². The summed E-state index contributed by atoms with van der Waals surface area (Å²) in [5.41, 5.74) is 2.29. The van der Waals surface area contributed by atoms with Crippen molar-refractivity contribution in [3.63, 3.8) is 0 Å². The Morgan fingerprint density at radius 3 is 2.52 bits per heavy atom. The van der Waals surface area contributed by atoms with Crippen molar-refractivity contribution in [2.75, 3.05) is 13.1 Å². The molecule has 3 heterocycles. The molecule has 2 aliphatic heterocycles. The summed E-state index contributed by atoms with van der Waals surface area (Å²) >= 11 is 0. The number of benzene rings is 2. The second kappa shape index (κ2) is 6.32. The molecule has 2 bridgehead atoms. The van der Waals surface area contributed by atoms with Gasteiger partial charge >= 0.3 is 6.18 Å². The molecule has 1 aromatic heterocycles. The minimum atomic E-state index is -4.40. The molecule has 2 aliphatic rings. The number of H-pyrrole nitrogens is 1. The fourth-order valence-electron chi connectivity index (χ4n) is 4.35. The van der Waals surface area contributed by atoms with Crippen LogP contribution in [0.4, 0.5) is 13.2 Å². The molecule has 0 atom stereocenters. The maximum Gasteiger partial charge on any atom is 0.416 e. The fraction of sp³-hybridized carbons (Fsp3) is 0.333. The van der Waals surface area contributed by atoms with E-state index in [0.717, 1.165) is 49.2 Å². The van der Waals surface area contributed by atoms with Crippen molar-refractivity contribution in [1.29, 1.82) is 0 Å². The zero-order valence-electron chi connectivity index (χ0n) is 15.8. The summed E-state index contributed by atoms with van der Waals surface area (Å²) in [6.45, 7) is 3.72. The lowest BCUT2D eigenvalue weighted by molar-refractivity contribution is -0.137. The van der Waals surface area contributed by atoms with Gasteiger partial charge in [-0.25, -0.2) is 9.99 Å². The van der Waals surface area contributed by atoms with Gasteiger partial charge in [0, 0.05) is 24.2 Å². The Morgan fingerprint density at radius 2 is 1.90 bits per heavy atom. The third-order valence-corrected chi connectivity index (χ3v) is 5.84. The maximum absolute atomic E-state index is 12.9. The van der Waals surface area contributed by atoms with Crippen LogP contribution in [0.25, 0.3) is 22.4 Å². The number of carbonyl (C=O) groups is 1. The highest BCUT2D eigenvalue weighted by Gasteiger charge is 2.41. The van der Waals surface area contributed by atoms with E-state index in [1.165, 1.54) is 6.07 Å². The van der Waals surface area contributed by atoms with Gasteiger partial charge < -0.3 is 4.98 Å². The number of hydrogen-bond donors (Lipinski definition) is 1. The summed E-state index contributed by atoms with van der Waals surface area (Å²) in [5.74, 6) is 0.486. The lowest BCUT2D eigenvalue weighted by atomic mass is 10.0. The summed E-state index contributed by atoms with van der Waals surface area (Å²) < 4.78 is 38.8. The molecular weight excluding hydrogens is 381 g/mol. The minimum Gasteiger partial charge on any atom is -0.338 e. The molecule has 0 aliphatic carbocycles. The first-order valence-corrected chi connectivity index (χ1v) is 9.58. The normalized spacial score (nSPS) is 21.3. The van der Waals surface area contributed by atoms with E-state index in [-0.39, 0.29) is 5.91 Å². The summed E-state index contributed by atoms with van der Waals surface area (Å²) in [5, 5.41) is 3.97. The number of nitrogens with one attached hydrogen (secondary N) is 1. The Hall–Kier alpha value is -2.87. The van der Waals surface area contributed by atoms with Crippen molar-refractivity contribution in [3.8, 4) is 11.4 Å². The van der Waals surface area contributed by atoms with Gasteiger partial charge in [-0.3, -0.25) is 9.80 Å². The SMILES string of the molecule is Cc1cc(C(=O)N2C3CCN2CC3)ccc1-c1nc2ccc(C(F)(F)F)cc2[nH]1. The van der Waals surface area contributed by atoms with Crippen molar-refractivity contribution >= 4 is 16.9 Å². The topological polar surface area (TPSA) is 52.2 Å². The van der Waals surface area contributed by atoms with Crippen LogP contribution in [0, 0.1) is 6.92 Å². The number of aromatic nitrogens is 2. The quantitative estimate of drug-likeness (QED) is 0.694. The van der Waals surface area contributed by atoms with E-state index in [4.69, 9.17) is 0 Å². The van der Waals surface area contributed by atoms with E-state index < -0.39 is 11.7 Å². The van der Waals surface area contributed by atoms with E-state index in [2.05, 4.69) is 15.0 Å². The van der Waals surface area contributed by atoms with Gasteiger partial charge in [0.2, 0.25) is 0 Å². The van der Waals surface area contributed by atoms with Crippen LogP contribution in [-0.4, -0.2) is 45.0 Å². The van der Waals surface area contributed by atoms with Gasteiger partial charge in [-0.15, -0.1) is 0 Å². The monoisotopic (exact) mass is 400 g/mol. The van der Waals surface area contributed by atoms with Crippen LogP contribution in [0.2, 0.25) is 0 Å². The Balaban J connectivity index is 1.47. The molecule has 5 rings (SSSR count). The zero-order chi connectivity index (χ0) is 20.3. The number of fused-ring (bicyclic) bond motifs is 3. The number of rotatable bonds is 2. The van der Waals surface area contributed by atoms with E-state index >= 15 is 0 Å². The number of nitrogens with zero attached hydrogens (tertiary/aromatic N) is 3. The Bertz CT molecular complexity index is 1100. The second-order valence-corrected chi connectivity index (χ2v) is 7.68. The molecule has 0 saturated carbocycles. The molecule has 1 amide bonds. The molecule has 2 saturated heterocycles. The summed E-state index contributed by atoms with van der Waals surface area (Å²) in [7, 11) is 0. The van der Waals surface area contributed by atoms with Gasteiger partial charge in [0.1, 0.15) is 5.82 Å². The average molecular weight is 400 g/mol. The van der Waals surface area contributed by atoms with Crippen molar-refractivity contribution in [2.24, 2.45) is 0 Å². The average Bonchev–Trinajstić information content (AvgIpc) is 3.39. The number of carbonyl (C=O) groups excluding carboxylic acids is 1. The van der Waals surface area contributed by atoms with Gasteiger partial charge in [-0.05, 0) is 55.7 Å². The van der Waals surface area contributed by atoms with E-state index in [9.17, 15) is 18.0 Å². The molecule has 3 aromatic rings. The molecule has 2 fully saturated rings. The first kappa shape index (κ1) is 18.2. The highest BCUT2D eigenvalue weighted by Crippen LogP contribution is 2.33. The maximum atomic E-state index is 12.9. The smallest absolute Gasteiger partial charge is 0.338 e. The van der Waals surface area contributed by atoms with Gasteiger partial charge in [-0.2, -0.15) is 13.2 Å². The number of imidazole rings is 1.